The van der Waals surface area contributed by atoms with E-state index in [2.05, 4.69) is 36.8 Å². The zero-order valence-electron chi connectivity index (χ0n) is 17.1. The third-order valence-electron chi connectivity index (χ3n) is 4.12. The molecule has 31 heavy (non-hydrogen) atoms. The zero-order valence-corrected chi connectivity index (χ0v) is 20.3. The van der Waals surface area contributed by atoms with Crippen LogP contribution in [0.4, 0.5) is 4.39 Å². The van der Waals surface area contributed by atoms with E-state index in [0.717, 1.165) is 27.5 Å². The number of thioether (sulfide) groups is 1. The van der Waals surface area contributed by atoms with Gasteiger partial charge in [-0.1, -0.05) is 30.0 Å². The third-order valence-corrected chi connectivity index (χ3v) is 5.72. The summed E-state index contributed by atoms with van der Waals surface area (Å²) in [6.07, 6.45) is 0. The van der Waals surface area contributed by atoms with Gasteiger partial charge in [0.05, 0.1) is 11.1 Å². The smallest absolute Gasteiger partial charge is 0.209 e. The van der Waals surface area contributed by atoms with Crippen molar-refractivity contribution >= 4 is 27.7 Å². The largest absolute Gasteiger partial charge is 1.00 e. The van der Waals surface area contributed by atoms with Gasteiger partial charge in [0, 0.05) is 31.5 Å². The zero-order chi connectivity index (χ0) is 21.3. The Labute approximate surface area is 199 Å². The van der Waals surface area contributed by atoms with Gasteiger partial charge in [0.15, 0.2) is 11.5 Å². The summed E-state index contributed by atoms with van der Waals surface area (Å²) in [5, 5.41) is 15.6. The number of rotatable bonds is 11. The number of hydrogen-bond donors (Lipinski definition) is 1. The van der Waals surface area contributed by atoms with Crippen LogP contribution in [0.1, 0.15) is 18.1 Å². The van der Waals surface area contributed by atoms with Crippen LogP contribution in [0.5, 0.6) is 11.5 Å². The van der Waals surface area contributed by atoms with Gasteiger partial charge in [0.2, 0.25) is 5.16 Å². The minimum Gasteiger partial charge on any atom is -1.00 e. The molecule has 1 N–H and O–H groups in total. The standard InChI is InChI=1S/C20H23BrFN5O2S.ClH/c1-3-28-18-11-14(12-23-8-9-30-20-24-25-26-27(20)2)10-16(21)19(18)29-13-15-6-4-5-7-17(15)22;/h4-7,10-11,23H,3,8-9,12-13H2,1-2H3;1H/p-1. The maximum absolute atomic E-state index is 13.9. The molecule has 0 bridgehead atoms. The number of ether oxygens (including phenoxy) is 2. The highest BCUT2D eigenvalue weighted by Crippen LogP contribution is 2.37. The van der Waals surface area contributed by atoms with Gasteiger partial charge >= 0.3 is 0 Å². The van der Waals surface area contributed by atoms with Crippen LogP contribution in [0.2, 0.25) is 0 Å². The number of nitrogens with zero attached hydrogens (tertiary/aromatic N) is 4. The second-order valence-corrected chi connectivity index (χ2v) is 8.24. The molecule has 1 heterocycles. The van der Waals surface area contributed by atoms with Crippen LogP contribution in [0, 0.1) is 5.82 Å². The predicted octanol–water partition coefficient (Wildman–Crippen LogP) is 0.975. The summed E-state index contributed by atoms with van der Waals surface area (Å²) in [4.78, 5) is 0. The van der Waals surface area contributed by atoms with Gasteiger partial charge in [-0.25, -0.2) is 9.07 Å². The molecule has 0 radical (unpaired) electrons. The molecular weight excluding hydrogens is 509 g/mol. The molecule has 0 unspecified atom stereocenters. The van der Waals surface area contributed by atoms with Gasteiger partial charge in [0.1, 0.15) is 12.4 Å². The lowest BCUT2D eigenvalue weighted by molar-refractivity contribution is -0.00000762. The minimum absolute atomic E-state index is 0. The Hall–Kier alpha value is -1.88. The Bertz CT molecular complexity index is 978. The molecule has 11 heteroatoms. The molecule has 1 aromatic heterocycles. The summed E-state index contributed by atoms with van der Waals surface area (Å²) < 4.78 is 27.9. The van der Waals surface area contributed by atoms with Crippen molar-refractivity contribution in [2.24, 2.45) is 7.05 Å². The summed E-state index contributed by atoms with van der Waals surface area (Å²) in [7, 11) is 1.82. The molecule has 168 valence electrons. The Balaban J connectivity index is 0.00000341. The molecule has 0 aliphatic heterocycles. The van der Waals surface area contributed by atoms with E-state index in [4.69, 9.17) is 9.47 Å². The van der Waals surface area contributed by atoms with Crippen LogP contribution in [0.15, 0.2) is 46.0 Å². The predicted molar refractivity (Wildman–Crippen MR) is 117 cm³/mol. The number of nitrogens with one attached hydrogen (secondary N) is 1. The van der Waals surface area contributed by atoms with E-state index in [0.29, 0.717) is 30.2 Å². The average Bonchev–Trinajstić information content (AvgIpc) is 3.13. The van der Waals surface area contributed by atoms with E-state index in [-0.39, 0.29) is 24.8 Å². The number of tetrazole rings is 1. The number of aromatic nitrogens is 4. The molecule has 0 amide bonds. The van der Waals surface area contributed by atoms with E-state index in [9.17, 15) is 4.39 Å². The Morgan fingerprint density at radius 1 is 1.23 bits per heavy atom. The molecule has 7 nitrogen and oxygen atoms in total. The van der Waals surface area contributed by atoms with E-state index in [1.54, 1.807) is 34.6 Å². The highest BCUT2D eigenvalue weighted by Gasteiger charge is 2.13. The van der Waals surface area contributed by atoms with Crippen LogP contribution in [-0.2, 0) is 20.2 Å². The fourth-order valence-corrected chi connectivity index (χ4v) is 4.03. The second-order valence-electron chi connectivity index (χ2n) is 6.33. The van der Waals surface area contributed by atoms with Crippen LogP contribution in [0.3, 0.4) is 0 Å². The Kier molecular flexibility index (Phi) is 10.5. The van der Waals surface area contributed by atoms with Gasteiger partial charge in [-0.15, -0.1) is 5.10 Å². The van der Waals surface area contributed by atoms with Gasteiger partial charge in [-0.2, -0.15) is 0 Å². The SMILES string of the molecule is CCOc1cc(CNCCSc2nnnn2C)cc(Br)c1OCc1ccccc1F.[Cl-]. The molecule has 0 saturated carbocycles. The molecule has 0 atom stereocenters. The van der Waals surface area contributed by atoms with E-state index < -0.39 is 0 Å². The maximum Gasteiger partial charge on any atom is 0.209 e. The lowest BCUT2D eigenvalue weighted by Gasteiger charge is -2.16. The molecule has 0 aliphatic rings. The highest BCUT2D eigenvalue weighted by atomic mass is 79.9. The monoisotopic (exact) mass is 530 g/mol. The van der Waals surface area contributed by atoms with Gasteiger partial charge in [-0.05, 0) is 57.0 Å². The van der Waals surface area contributed by atoms with Crippen molar-refractivity contribution in [2.75, 3.05) is 18.9 Å². The van der Waals surface area contributed by atoms with Crippen molar-refractivity contribution in [3.8, 4) is 11.5 Å². The van der Waals surface area contributed by atoms with Crippen LogP contribution in [0.25, 0.3) is 0 Å². The lowest BCUT2D eigenvalue weighted by Crippen LogP contribution is -3.00. The van der Waals surface area contributed by atoms with Crippen molar-refractivity contribution in [2.45, 2.75) is 25.2 Å². The van der Waals surface area contributed by atoms with E-state index in [1.807, 2.05) is 26.1 Å². The number of benzene rings is 2. The van der Waals surface area contributed by atoms with Gasteiger partial charge in [-0.3, -0.25) is 0 Å². The van der Waals surface area contributed by atoms with Crippen molar-refractivity contribution in [3.05, 3.63) is 57.8 Å². The van der Waals surface area contributed by atoms with Crippen LogP contribution < -0.4 is 27.2 Å². The minimum atomic E-state index is -0.289. The fraction of sp³-hybridized carbons (Fsp3) is 0.350. The van der Waals surface area contributed by atoms with Crippen molar-refractivity contribution in [1.29, 1.82) is 0 Å². The first-order valence-electron chi connectivity index (χ1n) is 9.45. The fourth-order valence-electron chi connectivity index (χ4n) is 2.68. The quantitative estimate of drug-likeness (QED) is 0.292. The average molecular weight is 532 g/mol. The molecule has 3 aromatic rings. The molecule has 0 fully saturated rings. The molecular formula is C20H23BrClFN5O2S-. The number of aryl methyl sites for hydroxylation is 1. The van der Waals surface area contributed by atoms with Gasteiger partial charge in [0.25, 0.3) is 0 Å². The van der Waals surface area contributed by atoms with E-state index >= 15 is 0 Å². The summed E-state index contributed by atoms with van der Waals surface area (Å²) in [5.41, 5.74) is 1.54. The topological polar surface area (TPSA) is 74.1 Å². The molecule has 0 aliphatic carbocycles. The summed E-state index contributed by atoms with van der Waals surface area (Å²) in [6, 6.07) is 10.5. The summed E-state index contributed by atoms with van der Waals surface area (Å²) in [6.45, 7) is 4.01. The Morgan fingerprint density at radius 3 is 2.74 bits per heavy atom. The first kappa shape index (κ1) is 25.4. The normalized spacial score (nSPS) is 10.6. The highest BCUT2D eigenvalue weighted by molar-refractivity contribution is 9.10. The first-order valence-corrected chi connectivity index (χ1v) is 11.2. The lowest BCUT2D eigenvalue weighted by atomic mass is 10.2. The summed E-state index contributed by atoms with van der Waals surface area (Å²) >= 11 is 5.15. The second kappa shape index (κ2) is 12.8. The van der Waals surface area contributed by atoms with E-state index in [1.165, 1.54) is 6.07 Å². The van der Waals surface area contributed by atoms with Crippen LogP contribution in [-0.4, -0.2) is 39.1 Å². The van der Waals surface area contributed by atoms with Crippen molar-refractivity contribution in [3.63, 3.8) is 0 Å². The van der Waals surface area contributed by atoms with Crippen LogP contribution >= 0.6 is 27.7 Å². The van der Waals surface area contributed by atoms with Gasteiger partial charge < -0.3 is 27.2 Å². The van der Waals surface area contributed by atoms with Crippen molar-refractivity contribution in [1.82, 2.24) is 25.5 Å². The number of halogens is 3. The molecule has 0 saturated heterocycles. The maximum atomic E-state index is 13.9. The third kappa shape index (κ3) is 7.34. The molecule has 3 rings (SSSR count). The molecule has 0 spiro atoms. The molecule has 2 aromatic carbocycles. The summed E-state index contributed by atoms with van der Waals surface area (Å²) in [5.74, 6) is 1.74. The number of hydrogen-bond acceptors (Lipinski definition) is 7. The Morgan fingerprint density at radius 2 is 2.03 bits per heavy atom. The first-order chi connectivity index (χ1) is 14.6. The van der Waals surface area contributed by atoms with Crippen molar-refractivity contribution < 1.29 is 26.3 Å².